The predicted octanol–water partition coefficient (Wildman–Crippen LogP) is 3.16. The van der Waals surface area contributed by atoms with E-state index in [1.807, 2.05) is 19.2 Å². The van der Waals surface area contributed by atoms with Crippen LogP contribution in [0.3, 0.4) is 0 Å². The van der Waals surface area contributed by atoms with Crippen molar-refractivity contribution in [2.45, 2.75) is 39.2 Å². The van der Waals surface area contributed by atoms with Crippen LogP contribution in [0.1, 0.15) is 32.3 Å². The lowest BCUT2D eigenvalue weighted by molar-refractivity contribution is -0.384. The number of non-ortho nitro benzene ring substituents is 1. The Labute approximate surface area is 109 Å². The van der Waals surface area contributed by atoms with Gasteiger partial charge in [-0.05, 0) is 37.8 Å². The highest BCUT2D eigenvalue weighted by molar-refractivity contribution is 5.32. The first-order valence-corrected chi connectivity index (χ1v) is 6.49. The monoisotopic (exact) mass is 250 g/mol. The van der Waals surface area contributed by atoms with Crippen molar-refractivity contribution in [1.82, 2.24) is 5.32 Å². The normalized spacial score (nSPS) is 14.2. The van der Waals surface area contributed by atoms with Crippen LogP contribution in [0.4, 0.5) is 5.69 Å². The summed E-state index contributed by atoms with van der Waals surface area (Å²) in [5, 5.41) is 13.9. The summed E-state index contributed by atoms with van der Waals surface area (Å²) in [5.41, 5.74) is 1.33. The average Bonchev–Trinajstić information content (AvgIpc) is 2.38. The molecular weight excluding hydrogens is 228 g/mol. The zero-order valence-electron chi connectivity index (χ0n) is 11.3. The van der Waals surface area contributed by atoms with Gasteiger partial charge in [-0.2, -0.15) is 0 Å². The van der Waals surface area contributed by atoms with Gasteiger partial charge in [0, 0.05) is 18.2 Å². The van der Waals surface area contributed by atoms with Crippen LogP contribution in [0.5, 0.6) is 0 Å². The third kappa shape index (κ3) is 4.11. The molecule has 100 valence electrons. The first-order valence-electron chi connectivity index (χ1n) is 6.49. The zero-order valence-corrected chi connectivity index (χ0v) is 11.3. The molecule has 0 saturated carbocycles. The molecule has 4 nitrogen and oxygen atoms in total. The van der Waals surface area contributed by atoms with E-state index in [-0.39, 0.29) is 10.6 Å². The highest BCUT2D eigenvalue weighted by Gasteiger charge is 2.13. The van der Waals surface area contributed by atoms with Crippen molar-refractivity contribution in [3.05, 3.63) is 39.9 Å². The van der Waals surface area contributed by atoms with E-state index in [0.717, 1.165) is 19.3 Å². The Morgan fingerprint density at radius 3 is 2.39 bits per heavy atom. The van der Waals surface area contributed by atoms with Gasteiger partial charge in [0.15, 0.2) is 0 Å². The minimum absolute atomic E-state index is 0.161. The first kappa shape index (κ1) is 14.6. The number of nitro groups is 1. The van der Waals surface area contributed by atoms with E-state index in [0.29, 0.717) is 12.0 Å². The van der Waals surface area contributed by atoms with Crippen LogP contribution in [0.25, 0.3) is 0 Å². The Morgan fingerprint density at radius 2 is 1.94 bits per heavy atom. The third-order valence-electron chi connectivity index (χ3n) is 3.53. The summed E-state index contributed by atoms with van der Waals surface area (Å²) in [4.78, 5) is 10.2. The SMILES string of the molecule is CCC(NC)C(C)CCc1ccc([N+](=O)[O-])cc1. The summed E-state index contributed by atoms with van der Waals surface area (Å²) in [6.45, 7) is 4.43. The second kappa shape index (κ2) is 7.11. The minimum Gasteiger partial charge on any atom is -0.317 e. The maximum absolute atomic E-state index is 10.5. The van der Waals surface area contributed by atoms with Gasteiger partial charge in [0.05, 0.1) is 4.92 Å². The Kier molecular flexibility index (Phi) is 5.78. The van der Waals surface area contributed by atoms with Crippen LogP contribution in [0.15, 0.2) is 24.3 Å². The van der Waals surface area contributed by atoms with Crippen molar-refractivity contribution in [1.29, 1.82) is 0 Å². The van der Waals surface area contributed by atoms with Gasteiger partial charge in [0.2, 0.25) is 0 Å². The van der Waals surface area contributed by atoms with Gasteiger partial charge in [-0.15, -0.1) is 0 Å². The third-order valence-corrected chi connectivity index (χ3v) is 3.53. The van der Waals surface area contributed by atoms with Crippen LogP contribution < -0.4 is 5.32 Å². The highest BCUT2D eigenvalue weighted by Crippen LogP contribution is 2.17. The quantitative estimate of drug-likeness (QED) is 0.597. The van der Waals surface area contributed by atoms with Gasteiger partial charge in [0.25, 0.3) is 5.69 Å². The van der Waals surface area contributed by atoms with E-state index < -0.39 is 0 Å². The molecule has 0 aliphatic rings. The van der Waals surface area contributed by atoms with Crippen LogP contribution >= 0.6 is 0 Å². The van der Waals surface area contributed by atoms with E-state index in [9.17, 15) is 10.1 Å². The summed E-state index contributed by atoms with van der Waals surface area (Å²) in [5.74, 6) is 0.607. The fourth-order valence-corrected chi connectivity index (χ4v) is 2.27. The number of nitrogens with zero attached hydrogens (tertiary/aromatic N) is 1. The highest BCUT2D eigenvalue weighted by atomic mass is 16.6. The van der Waals surface area contributed by atoms with Crippen molar-refractivity contribution < 1.29 is 4.92 Å². The van der Waals surface area contributed by atoms with E-state index in [1.165, 1.54) is 5.56 Å². The van der Waals surface area contributed by atoms with Crippen LogP contribution in [0.2, 0.25) is 0 Å². The Morgan fingerprint density at radius 1 is 1.33 bits per heavy atom. The summed E-state index contributed by atoms with van der Waals surface area (Å²) in [6.07, 6.45) is 3.19. The van der Waals surface area contributed by atoms with E-state index >= 15 is 0 Å². The lowest BCUT2D eigenvalue weighted by atomic mass is 9.93. The van der Waals surface area contributed by atoms with Gasteiger partial charge in [-0.25, -0.2) is 0 Å². The smallest absolute Gasteiger partial charge is 0.269 e. The molecule has 0 amide bonds. The average molecular weight is 250 g/mol. The van der Waals surface area contributed by atoms with Gasteiger partial charge in [-0.1, -0.05) is 26.0 Å². The molecule has 1 aromatic rings. The molecule has 18 heavy (non-hydrogen) atoms. The first-order chi connectivity index (χ1) is 8.58. The molecule has 1 rings (SSSR count). The largest absolute Gasteiger partial charge is 0.317 e. The molecule has 0 aliphatic heterocycles. The molecule has 2 unspecified atom stereocenters. The molecule has 1 aromatic carbocycles. The van der Waals surface area contributed by atoms with Crippen molar-refractivity contribution in [3.63, 3.8) is 0 Å². The summed E-state index contributed by atoms with van der Waals surface area (Å²) in [7, 11) is 2.00. The molecule has 1 N–H and O–H groups in total. The van der Waals surface area contributed by atoms with Crippen LogP contribution in [0, 0.1) is 16.0 Å². The van der Waals surface area contributed by atoms with Gasteiger partial charge >= 0.3 is 0 Å². The molecule has 0 spiro atoms. The summed E-state index contributed by atoms with van der Waals surface area (Å²) >= 11 is 0. The van der Waals surface area contributed by atoms with Gasteiger partial charge in [-0.3, -0.25) is 10.1 Å². The second-order valence-electron chi connectivity index (χ2n) is 4.74. The fourth-order valence-electron chi connectivity index (χ4n) is 2.27. The number of rotatable bonds is 7. The number of hydrogen-bond donors (Lipinski definition) is 1. The van der Waals surface area contributed by atoms with Crippen LogP contribution in [-0.2, 0) is 6.42 Å². The number of hydrogen-bond acceptors (Lipinski definition) is 3. The molecule has 2 atom stereocenters. The lowest BCUT2D eigenvalue weighted by Gasteiger charge is -2.22. The van der Waals surface area contributed by atoms with E-state index in [2.05, 4.69) is 19.2 Å². The summed E-state index contributed by atoms with van der Waals surface area (Å²) in [6, 6.07) is 7.41. The Bertz CT molecular complexity index is 372. The topological polar surface area (TPSA) is 55.2 Å². The maximum Gasteiger partial charge on any atom is 0.269 e. The van der Waals surface area contributed by atoms with Crippen molar-refractivity contribution in [2.75, 3.05) is 7.05 Å². The van der Waals surface area contributed by atoms with E-state index in [1.54, 1.807) is 12.1 Å². The van der Waals surface area contributed by atoms with Crippen molar-refractivity contribution in [2.24, 2.45) is 5.92 Å². The number of nitro benzene ring substituents is 1. The molecule has 0 aliphatic carbocycles. The maximum atomic E-state index is 10.5. The van der Waals surface area contributed by atoms with E-state index in [4.69, 9.17) is 0 Å². The van der Waals surface area contributed by atoms with Crippen molar-refractivity contribution in [3.8, 4) is 0 Å². The van der Waals surface area contributed by atoms with Crippen LogP contribution in [-0.4, -0.2) is 18.0 Å². The predicted molar refractivity (Wildman–Crippen MR) is 73.7 cm³/mol. The number of aryl methyl sites for hydroxylation is 1. The van der Waals surface area contributed by atoms with Gasteiger partial charge in [0.1, 0.15) is 0 Å². The molecule has 0 heterocycles. The molecule has 0 radical (unpaired) electrons. The molecular formula is C14H22N2O2. The fraction of sp³-hybridized carbons (Fsp3) is 0.571. The zero-order chi connectivity index (χ0) is 13.5. The van der Waals surface area contributed by atoms with Crippen molar-refractivity contribution >= 4 is 5.69 Å². The number of benzene rings is 1. The second-order valence-corrected chi connectivity index (χ2v) is 4.74. The molecule has 0 fully saturated rings. The molecule has 0 saturated heterocycles. The Balaban J connectivity index is 2.50. The summed E-state index contributed by atoms with van der Waals surface area (Å²) < 4.78 is 0. The lowest BCUT2D eigenvalue weighted by Crippen LogP contribution is -2.31. The number of nitrogens with one attached hydrogen (secondary N) is 1. The molecule has 4 heteroatoms. The standard InChI is InChI=1S/C14H22N2O2/c1-4-14(15-3)11(2)5-6-12-7-9-13(10-8-12)16(17)18/h7-11,14-15H,4-6H2,1-3H3. The minimum atomic E-state index is -0.361. The molecule has 0 bridgehead atoms. The Hall–Kier alpha value is -1.42. The van der Waals surface area contributed by atoms with Gasteiger partial charge < -0.3 is 5.32 Å². The molecule has 0 aromatic heterocycles.